The third-order valence-corrected chi connectivity index (χ3v) is 4.49. The highest BCUT2D eigenvalue weighted by atomic mass is 35.5. The van der Waals surface area contributed by atoms with Crippen molar-refractivity contribution < 1.29 is 28.8 Å². The minimum absolute atomic E-state index is 0.000887. The van der Waals surface area contributed by atoms with Gasteiger partial charge in [0.2, 0.25) is 0 Å². The lowest BCUT2D eigenvalue weighted by Crippen LogP contribution is -2.25. The van der Waals surface area contributed by atoms with Crippen molar-refractivity contribution in [1.82, 2.24) is 5.64 Å². The number of nitrogens with zero attached hydrogens (tertiary/aromatic N) is 1. The second-order valence-corrected chi connectivity index (χ2v) is 7.21. The first-order chi connectivity index (χ1) is 15.9. The summed E-state index contributed by atoms with van der Waals surface area (Å²) in [5.41, 5.74) is 3.67. The van der Waals surface area contributed by atoms with Crippen molar-refractivity contribution in [2.75, 3.05) is 27.4 Å². The topological polar surface area (TPSA) is 87.6 Å². The highest BCUT2D eigenvalue weighted by molar-refractivity contribution is 6.35. The van der Waals surface area contributed by atoms with Crippen LogP contribution in [0.2, 0.25) is 10.0 Å². The number of carbonyl (C=O) groups is 1. The van der Waals surface area contributed by atoms with E-state index in [2.05, 4.69) is 10.8 Å². The highest BCUT2D eigenvalue weighted by Gasteiger charge is 2.08. The second-order valence-electron chi connectivity index (χ2n) is 6.33. The summed E-state index contributed by atoms with van der Waals surface area (Å²) < 4.78 is 10.5. The van der Waals surface area contributed by atoms with Crippen molar-refractivity contribution in [3.8, 4) is 11.5 Å². The van der Waals surface area contributed by atoms with Crippen molar-refractivity contribution in [3.63, 3.8) is 0 Å². The Morgan fingerprint density at radius 1 is 0.939 bits per heavy atom. The largest absolute Gasteiger partial charge is 0.496 e. The van der Waals surface area contributed by atoms with Crippen LogP contribution in [0, 0.1) is 0 Å². The van der Waals surface area contributed by atoms with Crippen LogP contribution in [-0.4, -0.2) is 39.1 Å². The summed E-state index contributed by atoms with van der Waals surface area (Å²) >= 11 is 12.0. The number of ether oxygens (including phenoxy) is 2. The van der Waals surface area contributed by atoms with Gasteiger partial charge in [-0.05, 0) is 55.0 Å². The lowest BCUT2D eigenvalue weighted by molar-refractivity contribution is -0.180. The summed E-state index contributed by atoms with van der Waals surface area (Å²) in [5.74, 6) is 0.589. The molecule has 8 nitrogen and oxygen atoms in total. The molecule has 0 saturated carbocycles. The van der Waals surface area contributed by atoms with Crippen LogP contribution in [-0.2, 0) is 19.3 Å². The fourth-order valence-corrected chi connectivity index (χ4v) is 2.82. The van der Waals surface area contributed by atoms with Crippen LogP contribution in [0.3, 0.4) is 0 Å². The number of oxime groups is 1. The molecular weight excluding hydrogens is 471 g/mol. The summed E-state index contributed by atoms with van der Waals surface area (Å²) in [6.07, 6.45) is 6.94. The third kappa shape index (κ3) is 9.15. The van der Waals surface area contributed by atoms with E-state index in [1.807, 2.05) is 0 Å². The normalized spacial score (nSPS) is 11.7. The van der Waals surface area contributed by atoms with Crippen LogP contribution in [0.4, 0.5) is 0 Å². The lowest BCUT2D eigenvalue weighted by atomic mass is 10.2. The van der Waals surface area contributed by atoms with Gasteiger partial charge in [-0.15, -0.1) is 0 Å². The average Bonchev–Trinajstić information content (AvgIpc) is 2.81. The van der Waals surface area contributed by atoms with Gasteiger partial charge in [-0.3, -0.25) is 4.84 Å². The zero-order chi connectivity index (χ0) is 24.1. The van der Waals surface area contributed by atoms with Crippen LogP contribution >= 0.6 is 23.2 Å². The molecule has 0 unspecified atom stereocenters. The Hall–Kier alpha value is -3.04. The molecular formula is C23H24Cl2N2O6. The van der Waals surface area contributed by atoms with Gasteiger partial charge in [0.05, 0.1) is 20.8 Å². The van der Waals surface area contributed by atoms with E-state index in [-0.39, 0.29) is 18.9 Å². The van der Waals surface area contributed by atoms with Gasteiger partial charge in [0.15, 0.2) is 5.71 Å². The second kappa shape index (κ2) is 14.2. The fourth-order valence-electron chi connectivity index (χ4n) is 2.46. The Morgan fingerprint density at radius 3 is 2.03 bits per heavy atom. The maximum absolute atomic E-state index is 11.9. The van der Waals surface area contributed by atoms with Crippen molar-refractivity contribution in [2.45, 2.75) is 6.92 Å². The molecule has 0 bridgehead atoms. The molecule has 0 radical (unpaired) electrons. The van der Waals surface area contributed by atoms with E-state index in [4.69, 9.17) is 47.2 Å². The summed E-state index contributed by atoms with van der Waals surface area (Å²) in [6.45, 7) is 1.69. The van der Waals surface area contributed by atoms with E-state index < -0.39 is 5.97 Å². The van der Waals surface area contributed by atoms with Crippen LogP contribution < -0.4 is 15.1 Å². The van der Waals surface area contributed by atoms with Crippen LogP contribution in [0.1, 0.15) is 18.1 Å². The summed E-state index contributed by atoms with van der Waals surface area (Å²) in [5, 5.41) is 4.86. The van der Waals surface area contributed by atoms with Gasteiger partial charge in [0, 0.05) is 21.2 Å². The number of nitrogens with one attached hydrogen (secondary N) is 1. The van der Waals surface area contributed by atoms with Crippen molar-refractivity contribution >= 4 is 47.0 Å². The molecule has 0 spiro atoms. The number of carbonyl (C=O) groups excluding carboxylic acids is 1. The number of hydrogen-bond acceptors (Lipinski definition) is 8. The Morgan fingerprint density at radius 2 is 1.48 bits per heavy atom. The molecule has 0 atom stereocenters. The third-order valence-electron chi connectivity index (χ3n) is 4.02. The molecule has 1 N–H and O–H groups in total. The van der Waals surface area contributed by atoms with Crippen molar-refractivity contribution in [1.29, 1.82) is 0 Å². The molecule has 0 aromatic heterocycles. The molecule has 33 heavy (non-hydrogen) atoms. The SMILES string of the molecule is COc1ccc(Cl)cc1/C=C/CON=C(C)C(=O)ONOC/C=C/c1cc(Cl)ccc1OC. The van der Waals surface area contributed by atoms with Gasteiger partial charge in [-0.1, -0.05) is 46.6 Å². The summed E-state index contributed by atoms with van der Waals surface area (Å²) in [7, 11) is 3.14. The van der Waals surface area contributed by atoms with Gasteiger partial charge >= 0.3 is 5.97 Å². The first kappa shape index (κ1) is 26.2. The number of hydrogen-bond donors (Lipinski definition) is 1. The molecule has 2 aromatic carbocycles. The molecule has 0 aliphatic carbocycles. The first-order valence-corrected chi connectivity index (χ1v) is 10.4. The molecule has 0 saturated heterocycles. The van der Waals surface area contributed by atoms with E-state index in [0.717, 1.165) is 11.1 Å². The number of methoxy groups -OCH3 is 2. The van der Waals surface area contributed by atoms with Gasteiger partial charge in [0.1, 0.15) is 18.1 Å². The van der Waals surface area contributed by atoms with E-state index in [1.165, 1.54) is 6.92 Å². The van der Waals surface area contributed by atoms with Crippen molar-refractivity contribution in [2.24, 2.45) is 5.16 Å². The van der Waals surface area contributed by atoms with Crippen LogP contribution in [0.15, 0.2) is 53.7 Å². The standard InChI is InChI=1S/C23H24Cl2N2O6/c1-16(26-31-12-4-6-17-14-19(24)8-10-21(17)29-2)23(28)33-27-32-13-5-7-18-15-20(25)9-11-22(18)30-3/h4-11,14-15,27H,12-13H2,1-3H3/b6-4+,7-5+,26-16?. The molecule has 0 fully saturated rings. The van der Waals surface area contributed by atoms with Gasteiger partial charge in [-0.25, -0.2) is 4.79 Å². The van der Waals surface area contributed by atoms with Gasteiger partial charge in [-0.2, -0.15) is 0 Å². The van der Waals surface area contributed by atoms with E-state index in [0.29, 0.717) is 21.5 Å². The molecule has 10 heteroatoms. The Kier molecular flexibility index (Phi) is 11.3. The molecule has 0 aliphatic rings. The maximum atomic E-state index is 11.9. The first-order valence-electron chi connectivity index (χ1n) is 9.69. The zero-order valence-electron chi connectivity index (χ0n) is 18.3. The van der Waals surface area contributed by atoms with E-state index in [9.17, 15) is 4.79 Å². The summed E-state index contributed by atoms with van der Waals surface area (Å²) in [6, 6.07) is 10.5. The minimum atomic E-state index is -0.754. The number of halogens is 2. The molecule has 176 valence electrons. The molecule has 2 aromatic rings. The predicted molar refractivity (Wildman–Crippen MR) is 128 cm³/mol. The summed E-state index contributed by atoms with van der Waals surface area (Å²) in [4.78, 5) is 26.7. The minimum Gasteiger partial charge on any atom is -0.496 e. The van der Waals surface area contributed by atoms with Gasteiger partial charge < -0.3 is 19.1 Å². The maximum Gasteiger partial charge on any atom is 0.376 e. The zero-order valence-corrected chi connectivity index (χ0v) is 19.9. The Labute approximate surface area is 202 Å². The smallest absolute Gasteiger partial charge is 0.376 e. The molecule has 2 rings (SSSR count). The quantitative estimate of drug-likeness (QED) is 0.249. The van der Waals surface area contributed by atoms with E-state index >= 15 is 0 Å². The number of rotatable bonds is 12. The van der Waals surface area contributed by atoms with Crippen LogP contribution in [0.5, 0.6) is 11.5 Å². The van der Waals surface area contributed by atoms with Gasteiger partial charge in [0.25, 0.3) is 0 Å². The highest BCUT2D eigenvalue weighted by Crippen LogP contribution is 2.24. The molecule has 0 amide bonds. The lowest BCUT2D eigenvalue weighted by Gasteiger charge is -2.06. The monoisotopic (exact) mass is 494 g/mol. The molecule has 0 aliphatic heterocycles. The average molecular weight is 495 g/mol. The van der Waals surface area contributed by atoms with Crippen molar-refractivity contribution in [3.05, 3.63) is 69.7 Å². The Bertz CT molecular complexity index is 1020. The number of benzene rings is 2. The predicted octanol–water partition coefficient (Wildman–Crippen LogP) is 5.11. The Balaban J connectivity index is 1.70. The van der Waals surface area contributed by atoms with E-state index in [1.54, 1.807) is 74.9 Å². The molecule has 0 heterocycles. The van der Waals surface area contributed by atoms with Crippen LogP contribution in [0.25, 0.3) is 12.2 Å². The fraction of sp³-hybridized carbons (Fsp3) is 0.217.